The van der Waals surface area contributed by atoms with E-state index in [4.69, 9.17) is 21.1 Å². The van der Waals surface area contributed by atoms with Crippen molar-refractivity contribution in [2.24, 2.45) is 5.10 Å². The molecule has 0 heterocycles. The van der Waals surface area contributed by atoms with Crippen LogP contribution in [-0.2, 0) is 21.0 Å². The molecule has 0 aliphatic heterocycles. The number of nitrogens with zero attached hydrogens (tertiary/aromatic N) is 2. The number of hydrogen-bond donors (Lipinski definition) is 1. The van der Waals surface area contributed by atoms with E-state index in [9.17, 15) is 26.4 Å². The first-order chi connectivity index (χ1) is 15.3. The maximum absolute atomic E-state index is 13.1. The van der Waals surface area contributed by atoms with Crippen molar-refractivity contribution in [3.05, 3.63) is 52.5 Å². The molecule has 1 N–H and O–H groups in total. The average Bonchev–Trinajstić information content (AvgIpc) is 2.74. The van der Waals surface area contributed by atoms with Crippen LogP contribution in [0.2, 0.25) is 5.02 Å². The zero-order chi connectivity index (χ0) is 25.0. The van der Waals surface area contributed by atoms with Crippen LogP contribution in [-0.4, -0.2) is 47.1 Å². The average molecular weight is 508 g/mol. The van der Waals surface area contributed by atoms with Gasteiger partial charge in [0.05, 0.1) is 42.5 Å². The highest BCUT2D eigenvalue weighted by Crippen LogP contribution is 2.36. The normalized spacial score (nSPS) is 12.3. The molecule has 0 radical (unpaired) electrons. The van der Waals surface area contributed by atoms with Crippen LogP contribution in [0.5, 0.6) is 11.5 Å². The molecule has 0 aliphatic rings. The van der Waals surface area contributed by atoms with E-state index in [2.05, 4.69) is 10.5 Å². The van der Waals surface area contributed by atoms with E-state index in [1.807, 2.05) is 0 Å². The van der Waals surface area contributed by atoms with Gasteiger partial charge in [-0.2, -0.15) is 18.3 Å². The quantitative estimate of drug-likeness (QED) is 0.434. The fraction of sp³-hybridized carbons (Fsp3) is 0.300. The fourth-order valence-corrected chi connectivity index (χ4v) is 3.83. The summed E-state index contributed by atoms with van der Waals surface area (Å²) < 4.78 is 74.5. The molecule has 0 atom stereocenters. The lowest BCUT2D eigenvalue weighted by atomic mass is 10.1. The highest BCUT2D eigenvalue weighted by molar-refractivity contribution is 7.92. The number of alkyl halides is 3. The van der Waals surface area contributed by atoms with Gasteiger partial charge in [0.25, 0.3) is 5.91 Å². The monoisotopic (exact) mass is 507 g/mol. The van der Waals surface area contributed by atoms with Crippen molar-refractivity contribution < 1.29 is 35.9 Å². The number of carbonyl (C=O) groups excluding carboxylic acids is 1. The summed E-state index contributed by atoms with van der Waals surface area (Å²) in [7, 11) is -1.24. The van der Waals surface area contributed by atoms with Crippen molar-refractivity contribution >= 4 is 38.9 Å². The predicted molar refractivity (Wildman–Crippen MR) is 119 cm³/mol. The molecule has 0 spiro atoms. The molecule has 1 amide bonds. The number of methoxy groups -OCH3 is 2. The zero-order valence-corrected chi connectivity index (χ0v) is 19.6. The number of ether oxygens (including phenoxy) is 2. The van der Waals surface area contributed by atoms with E-state index < -0.39 is 39.9 Å². The number of hydrazone groups is 1. The maximum Gasteiger partial charge on any atom is 0.416 e. The van der Waals surface area contributed by atoms with Crippen molar-refractivity contribution in [3.8, 4) is 11.5 Å². The minimum Gasteiger partial charge on any atom is -0.493 e. The van der Waals surface area contributed by atoms with Crippen LogP contribution in [0, 0.1) is 0 Å². The molecule has 2 rings (SSSR count). The number of amides is 1. The van der Waals surface area contributed by atoms with Crippen molar-refractivity contribution in [1.82, 2.24) is 5.43 Å². The number of anilines is 1. The van der Waals surface area contributed by atoms with Gasteiger partial charge < -0.3 is 9.47 Å². The molecular formula is C20H21ClF3N3O5S. The molecule has 0 aromatic heterocycles. The van der Waals surface area contributed by atoms with Crippen LogP contribution in [0.15, 0.2) is 41.5 Å². The maximum atomic E-state index is 13.1. The topological polar surface area (TPSA) is 97.3 Å². The number of benzene rings is 2. The molecule has 0 bridgehead atoms. The molecule has 0 fully saturated rings. The first-order valence-electron chi connectivity index (χ1n) is 9.18. The lowest BCUT2D eigenvalue weighted by Crippen LogP contribution is -2.39. The number of halogens is 4. The molecule has 8 nitrogen and oxygen atoms in total. The first-order valence-corrected chi connectivity index (χ1v) is 11.4. The van der Waals surface area contributed by atoms with Crippen LogP contribution >= 0.6 is 11.6 Å². The Morgan fingerprint density at radius 3 is 2.30 bits per heavy atom. The van der Waals surface area contributed by atoms with Crippen LogP contribution in [0.1, 0.15) is 18.1 Å². The van der Waals surface area contributed by atoms with Gasteiger partial charge in [-0.25, -0.2) is 13.8 Å². The molecule has 0 aliphatic carbocycles. The molecule has 2 aromatic carbocycles. The Kier molecular flexibility index (Phi) is 8.20. The molecule has 2 aromatic rings. The van der Waals surface area contributed by atoms with Gasteiger partial charge in [0, 0.05) is 5.56 Å². The van der Waals surface area contributed by atoms with Crippen LogP contribution < -0.4 is 19.2 Å². The van der Waals surface area contributed by atoms with Gasteiger partial charge in [0.2, 0.25) is 10.0 Å². The van der Waals surface area contributed by atoms with Crippen LogP contribution in [0.4, 0.5) is 18.9 Å². The predicted octanol–water partition coefficient (Wildman–Crippen LogP) is 3.68. The highest BCUT2D eigenvalue weighted by Gasteiger charge is 2.33. The zero-order valence-electron chi connectivity index (χ0n) is 18.0. The van der Waals surface area contributed by atoms with Crippen molar-refractivity contribution in [2.45, 2.75) is 13.1 Å². The van der Waals surface area contributed by atoms with E-state index >= 15 is 0 Å². The van der Waals surface area contributed by atoms with E-state index in [-0.39, 0.29) is 5.02 Å². The Balaban J connectivity index is 2.28. The second-order valence-corrected chi connectivity index (χ2v) is 9.05. The van der Waals surface area contributed by atoms with Crippen LogP contribution in [0.3, 0.4) is 0 Å². The largest absolute Gasteiger partial charge is 0.493 e. The summed E-state index contributed by atoms with van der Waals surface area (Å²) >= 11 is 5.94. The third kappa shape index (κ3) is 6.75. The third-order valence-corrected chi connectivity index (χ3v) is 5.83. The molecule has 0 saturated carbocycles. The molecule has 0 saturated heterocycles. The van der Waals surface area contributed by atoms with Gasteiger partial charge in [-0.15, -0.1) is 0 Å². The molecule has 13 heteroatoms. The summed E-state index contributed by atoms with van der Waals surface area (Å²) in [6.07, 6.45) is -3.99. The minimum absolute atomic E-state index is 0.272. The Labute approximate surface area is 194 Å². The Bertz CT molecular complexity index is 1170. The second kappa shape index (κ2) is 10.3. The van der Waals surface area contributed by atoms with E-state index in [1.54, 1.807) is 25.1 Å². The highest BCUT2D eigenvalue weighted by atomic mass is 35.5. The molecular weight excluding hydrogens is 487 g/mol. The third-order valence-electron chi connectivity index (χ3n) is 4.38. The summed E-state index contributed by atoms with van der Waals surface area (Å²) in [4.78, 5) is 12.4. The molecule has 33 heavy (non-hydrogen) atoms. The lowest BCUT2D eigenvalue weighted by Gasteiger charge is -2.23. The van der Waals surface area contributed by atoms with Gasteiger partial charge in [-0.1, -0.05) is 11.6 Å². The Morgan fingerprint density at radius 2 is 1.76 bits per heavy atom. The summed E-state index contributed by atoms with van der Waals surface area (Å²) in [6, 6.07) is 7.11. The summed E-state index contributed by atoms with van der Waals surface area (Å²) in [5.74, 6) is 0.0203. The SMILES string of the molecule is COc1ccc(C(C)=NNC(=O)CN(c2cc(C(F)(F)F)ccc2Cl)S(C)(=O)=O)cc1OC. The van der Waals surface area contributed by atoms with Gasteiger partial charge in [-0.05, 0) is 43.3 Å². The minimum atomic E-state index is -4.73. The standard InChI is InChI=1S/C20H21ClF3N3O5S/c1-12(13-5-8-17(31-2)18(9-13)32-3)25-26-19(28)11-27(33(4,29)30)16-10-14(20(22,23)24)6-7-15(16)21/h5-10H,11H2,1-4H3,(H,26,28). The van der Waals surface area contributed by atoms with Gasteiger partial charge in [0.15, 0.2) is 11.5 Å². The fourth-order valence-electron chi connectivity index (χ4n) is 2.70. The lowest BCUT2D eigenvalue weighted by molar-refractivity contribution is -0.137. The van der Waals surface area contributed by atoms with Gasteiger partial charge in [0.1, 0.15) is 6.54 Å². The smallest absolute Gasteiger partial charge is 0.416 e. The summed E-state index contributed by atoms with van der Waals surface area (Å²) in [5.41, 5.74) is 1.53. The van der Waals surface area contributed by atoms with Crippen molar-refractivity contribution in [3.63, 3.8) is 0 Å². The van der Waals surface area contributed by atoms with Gasteiger partial charge >= 0.3 is 6.18 Å². The number of hydrogen-bond acceptors (Lipinski definition) is 6. The molecule has 180 valence electrons. The van der Waals surface area contributed by atoms with Crippen molar-refractivity contribution in [1.29, 1.82) is 0 Å². The summed E-state index contributed by atoms with van der Waals surface area (Å²) in [6.45, 7) is 0.738. The Morgan fingerprint density at radius 1 is 1.12 bits per heavy atom. The van der Waals surface area contributed by atoms with E-state index in [0.717, 1.165) is 12.3 Å². The van der Waals surface area contributed by atoms with Crippen LogP contribution in [0.25, 0.3) is 0 Å². The number of nitrogens with one attached hydrogen (secondary N) is 1. The number of rotatable bonds is 8. The number of sulfonamides is 1. The first kappa shape index (κ1) is 26.3. The number of carbonyl (C=O) groups is 1. The van der Waals surface area contributed by atoms with Gasteiger partial charge in [-0.3, -0.25) is 9.10 Å². The second-order valence-electron chi connectivity index (χ2n) is 6.74. The molecule has 0 unspecified atom stereocenters. The Hall–Kier alpha value is -2.99. The van der Waals surface area contributed by atoms with Crippen molar-refractivity contribution in [2.75, 3.05) is 31.3 Å². The summed E-state index contributed by atoms with van der Waals surface area (Å²) in [5, 5.41) is 3.65. The van der Waals surface area contributed by atoms with E-state index in [1.165, 1.54) is 14.2 Å². The van der Waals surface area contributed by atoms with E-state index in [0.29, 0.717) is 39.2 Å².